The Morgan fingerprint density at radius 1 is 1.53 bits per heavy atom. The van der Waals surface area contributed by atoms with E-state index in [0.717, 1.165) is 17.8 Å². The van der Waals surface area contributed by atoms with Gasteiger partial charge < -0.3 is 10.6 Å². The lowest BCUT2D eigenvalue weighted by atomic mass is 10.1. The van der Waals surface area contributed by atoms with Gasteiger partial charge in [0.1, 0.15) is 0 Å². The standard InChI is InChI=1S/C12H17N3/c1-4-9(2)15(3)12-7-10(8-13)5-6-11(12)14/h5-7,9H,4,14H2,1-3H3. The second kappa shape index (κ2) is 4.70. The Morgan fingerprint density at radius 3 is 2.73 bits per heavy atom. The van der Waals surface area contributed by atoms with Crippen molar-refractivity contribution in [1.82, 2.24) is 0 Å². The van der Waals surface area contributed by atoms with Crippen LogP contribution < -0.4 is 10.6 Å². The first kappa shape index (κ1) is 11.4. The van der Waals surface area contributed by atoms with Crippen molar-refractivity contribution in [1.29, 1.82) is 5.26 Å². The maximum absolute atomic E-state index is 8.82. The zero-order valence-electron chi connectivity index (χ0n) is 9.49. The minimum absolute atomic E-state index is 0.418. The van der Waals surface area contributed by atoms with Crippen molar-refractivity contribution in [2.45, 2.75) is 26.3 Å². The van der Waals surface area contributed by atoms with Gasteiger partial charge in [-0.3, -0.25) is 0 Å². The molecule has 2 N–H and O–H groups in total. The highest BCUT2D eigenvalue weighted by Crippen LogP contribution is 2.25. The molecule has 3 nitrogen and oxygen atoms in total. The highest BCUT2D eigenvalue weighted by atomic mass is 15.1. The van der Waals surface area contributed by atoms with Gasteiger partial charge in [-0.25, -0.2) is 0 Å². The Hall–Kier alpha value is -1.69. The Bertz CT molecular complexity index is 379. The monoisotopic (exact) mass is 203 g/mol. The molecule has 0 amide bonds. The van der Waals surface area contributed by atoms with Gasteiger partial charge in [0, 0.05) is 13.1 Å². The third-order valence-corrected chi connectivity index (χ3v) is 2.79. The number of hydrogen-bond acceptors (Lipinski definition) is 3. The summed E-state index contributed by atoms with van der Waals surface area (Å²) in [5, 5.41) is 8.82. The van der Waals surface area contributed by atoms with Crippen LogP contribution in [-0.2, 0) is 0 Å². The summed E-state index contributed by atoms with van der Waals surface area (Å²) in [7, 11) is 2.00. The first-order chi connectivity index (χ1) is 7.10. The minimum Gasteiger partial charge on any atom is -0.397 e. The second-order valence-electron chi connectivity index (χ2n) is 3.75. The fraction of sp³-hybridized carbons (Fsp3) is 0.417. The van der Waals surface area contributed by atoms with Crippen LogP contribution in [0.3, 0.4) is 0 Å². The summed E-state index contributed by atoms with van der Waals surface area (Å²) >= 11 is 0. The van der Waals surface area contributed by atoms with Crippen molar-refractivity contribution >= 4 is 11.4 Å². The van der Waals surface area contributed by atoms with Gasteiger partial charge in [-0.15, -0.1) is 0 Å². The SMILES string of the molecule is CCC(C)N(C)c1cc(C#N)ccc1N. The Morgan fingerprint density at radius 2 is 2.20 bits per heavy atom. The minimum atomic E-state index is 0.418. The molecular weight excluding hydrogens is 186 g/mol. The van der Waals surface area contributed by atoms with Crippen LogP contribution in [0.1, 0.15) is 25.8 Å². The van der Waals surface area contributed by atoms with E-state index in [4.69, 9.17) is 11.0 Å². The third-order valence-electron chi connectivity index (χ3n) is 2.79. The van der Waals surface area contributed by atoms with Crippen molar-refractivity contribution in [3.8, 4) is 6.07 Å². The Labute approximate surface area is 91.1 Å². The molecule has 1 unspecified atom stereocenters. The summed E-state index contributed by atoms with van der Waals surface area (Å²) in [5.41, 5.74) is 8.19. The van der Waals surface area contributed by atoms with E-state index in [1.54, 1.807) is 12.1 Å². The van der Waals surface area contributed by atoms with Crippen LogP contribution in [0.25, 0.3) is 0 Å². The molecule has 0 aliphatic rings. The smallest absolute Gasteiger partial charge is 0.0992 e. The zero-order chi connectivity index (χ0) is 11.4. The van der Waals surface area contributed by atoms with E-state index in [2.05, 4.69) is 24.8 Å². The average molecular weight is 203 g/mol. The number of hydrogen-bond donors (Lipinski definition) is 1. The average Bonchev–Trinajstić information content (AvgIpc) is 2.27. The number of benzene rings is 1. The fourth-order valence-electron chi connectivity index (χ4n) is 1.43. The maximum Gasteiger partial charge on any atom is 0.0992 e. The van der Waals surface area contributed by atoms with Crippen molar-refractivity contribution in [3.05, 3.63) is 23.8 Å². The van der Waals surface area contributed by atoms with E-state index < -0.39 is 0 Å². The largest absolute Gasteiger partial charge is 0.397 e. The molecule has 0 aliphatic carbocycles. The van der Waals surface area contributed by atoms with E-state index in [1.165, 1.54) is 0 Å². The lowest BCUT2D eigenvalue weighted by Crippen LogP contribution is -2.28. The molecule has 0 aromatic heterocycles. The number of nitriles is 1. The molecule has 1 aromatic rings. The van der Waals surface area contributed by atoms with E-state index in [0.29, 0.717) is 11.6 Å². The zero-order valence-corrected chi connectivity index (χ0v) is 9.49. The second-order valence-corrected chi connectivity index (χ2v) is 3.75. The van der Waals surface area contributed by atoms with Gasteiger partial charge in [0.15, 0.2) is 0 Å². The predicted octanol–water partition coefficient (Wildman–Crippen LogP) is 2.38. The van der Waals surface area contributed by atoms with Crippen LogP contribution in [0.15, 0.2) is 18.2 Å². The lowest BCUT2D eigenvalue weighted by molar-refractivity contribution is 0.664. The number of nitrogens with zero attached hydrogens (tertiary/aromatic N) is 2. The van der Waals surface area contributed by atoms with Crippen LogP contribution in [0.4, 0.5) is 11.4 Å². The van der Waals surface area contributed by atoms with Crippen LogP contribution in [-0.4, -0.2) is 13.1 Å². The first-order valence-corrected chi connectivity index (χ1v) is 5.12. The van der Waals surface area contributed by atoms with Gasteiger partial charge in [0.2, 0.25) is 0 Å². The highest BCUT2D eigenvalue weighted by Gasteiger charge is 2.11. The van der Waals surface area contributed by atoms with Gasteiger partial charge in [-0.05, 0) is 31.5 Å². The van der Waals surface area contributed by atoms with Crippen LogP contribution in [0.5, 0.6) is 0 Å². The van der Waals surface area contributed by atoms with Crippen molar-refractivity contribution in [3.63, 3.8) is 0 Å². The lowest BCUT2D eigenvalue weighted by Gasteiger charge is -2.27. The van der Waals surface area contributed by atoms with Gasteiger partial charge in [0.25, 0.3) is 0 Å². The normalized spacial score (nSPS) is 11.9. The van der Waals surface area contributed by atoms with Gasteiger partial charge in [0.05, 0.1) is 23.0 Å². The molecule has 0 fully saturated rings. The number of nitrogens with two attached hydrogens (primary N) is 1. The molecule has 0 spiro atoms. The van der Waals surface area contributed by atoms with E-state index in [1.807, 2.05) is 13.1 Å². The molecule has 1 rings (SSSR count). The number of nitrogen functional groups attached to an aromatic ring is 1. The van der Waals surface area contributed by atoms with Crippen molar-refractivity contribution < 1.29 is 0 Å². The van der Waals surface area contributed by atoms with Crippen molar-refractivity contribution in [2.24, 2.45) is 0 Å². The summed E-state index contributed by atoms with van der Waals surface area (Å²) in [4.78, 5) is 2.11. The molecule has 1 aromatic carbocycles. The van der Waals surface area contributed by atoms with E-state index >= 15 is 0 Å². The highest BCUT2D eigenvalue weighted by molar-refractivity contribution is 5.69. The summed E-state index contributed by atoms with van der Waals surface area (Å²) in [6.45, 7) is 4.27. The molecule has 0 radical (unpaired) electrons. The molecule has 0 saturated carbocycles. The fourth-order valence-corrected chi connectivity index (χ4v) is 1.43. The molecular formula is C12H17N3. The predicted molar refractivity (Wildman–Crippen MR) is 63.7 cm³/mol. The maximum atomic E-state index is 8.82. The molecule has 0 aliphatic heterocycles. The first-order valence-electron chi connectivity index (χ1n) is 5.12. The third kappa shape index (κ3) is 2.41. The Balaban J connectivity index is 3.07. The number of anilines is 2. The van der Waals surface area contributed by atoms with Crippen LogP contribution in [0.2, 0.25) is 0 Å². The van der Waals surface area contributed by atoms with Gasteiger partial charge in [-0.1, -0.05) is 6.92 Å². The summed E-state index contributed by atoms with van der Waals surface area (Å²) < 4.78 is 0. The van der Waals surface area contributed by atoms with E-state index in [-0.39, 0.29) is 0 Å². The molecule has 80 valence electrons. The topological polar surface area (TPSA) is 53.0 Å². The molecule has 1 atom stereocenters. The quantitative estimate of drug-likeness (QED) is 0.767. The molecule has 0 bridgehead atoms. The van der Waals surface area contributed by atoms with Crippen molar-refractivity contribution in [2.75, 3.05) is 17.7 Å². The summed E-state index contributed by atoms with van der Waals surface area (Å²) in [5.74, 6) is 0. The summed E-state index contributed by atoms with van der Waals surface area (Å²) in [6.07, 6.45) is 1.05. The van der Waals surface area contributed by atoms with Gasteiger partial charge >= 0.3 is 0 Å². The Kier molecular flexibility index (Phi) is 3.56. The van der Waals surface area contributed by atoms with E-state index in [9.17, 15) is 0 Å². The molecule has 0 saturated heterocycles. The number of rotatable bonds is 3. The molecule has 0 heterocycles. The summed E-state index contributed by atoms with van der Waals surface area (Å²) in [6, 6.07) is 7.90. The molecule has 15 heavy (non-hydrogen) atoms. The van der Waals surface area contributed by atoms with Gasteiger partial charge in [-0.2, -0.15) is 5.26 Å². The molecule has 3 heteroatoms. The van der Waals surface area contributed by atoms with Crippen LogP contribution >= 0.6 is 0 Å². The van der Waals surface area contributed by atoms with Crippen LogP contribution in [0, 0.1) is 11.3 Å².